The summed E-state index contributed by atoms with van der Waals surface area (Å²) in [5.74, 6) is -1.48. The maximum atomic E-state index is 13.6. The van der Waals surface area contributed by atoms with E-state index < -0.39 is 24.0 Å². The van der Waals surface area contributed by atoms with Gasteiger partial charge in [0.05, 0.1) is 10.6 Å². The highest BCUT2D eigenvalue weighted by molar-refractivity contribution is 6.36. The van der Waals surface area contributed by atoms with Gasteiger partial charge < -0.3 is 19.7 Å². The molecular formula is C23H18Cl3FO5. The van der Waals surface area contributed by atoms with Gasteiger partial charge in [-0.15, -0.1) is 0 Å². The number of halogens is 4. The predicted octanol–water partition coefficient (Wildman–Crippen LogP) is 7.32. The minimum atomic E-state index is -0.751. The summed E-state index contributed by atoms with van der Waals surface area (Å²) in [4.78, 5) is 11.2. The molecule has 2 aliphatic rings. The molecule has 2 aromatic carbocycles. The lowest BCUT2D eigenvalue weighted by Crippen LogP contribution is -2.04. The number of esters is 1. The second kappa shape index (κ2) is 9.45. The minimum Gasteiger partial charge on any atom is -0.504 e. The Bertz CT molecular complexity index is 1040. The third-order valence-electron chi connectivity index (χ3n) is 5.00. The number of ether oxygens (including phenoxy) is 2. The Kier molecular flexibility index (Phi) is 7.08. The summed E-state index contributed by atoms with van der Waals surface area (Å²) in [6.45, 7) is 6.78. The quantitative estimate of drug-likeness (QED) is 0.423. The van der Waals surface area contributed by atoms with Crippen molar-refractivity contribution in [2.24, 2.45) is 0 Å². The van der Waals surface area contributed by atoms with Crippen molar-refractivity contribution < 1.29 is 28.9 Å². The number of cyclic esters (lactones) is 1. The van der Waals surface area contributed by atoms with Crippen molar-refractivity contribution in [1.82, 2.24) is 0 Å². The van der Waals surface area contributed by atoms with Gasteiger partial charge in [-0.25, -0.2) is 9.18 Å². The molecule has 0 fully saturated rings. The zero-order valence-electron chi connectivity index (χ0n) is 17.0. The SMILES string of the molecule is C=C1OC(c2c(F)cccc2Cl)C(C)=C1O.CC1=C(O)C(=O)OC1c1c(Cl)cccc1Cl. The molecule has 0 amide bonds. The summed E-state index contributed by atoms with van der Waals surface area (Å²) in [6, 6.07) is 9.40. The molecule has 5 nitrogen and oxygen atoms in total. The fourth-order valence-corrected chi connectivity index (χ4v) is 4.10. The normalized spacial score (nSPS) is 20.2. The summed E-state index contributed by atoms with van der Waals surface area (Å²) < 4.78 is 23.9. The van der Waals surface area contributed by atoms with Crippen LogP contribution in [0.25, 0.3) is 0 Å². The molecule has 168 valence electrons. The van der Waals surface area contributed by atoms with E-state index in [2.05, 4.69) is 6.58 Å². The van der Waals surface area contributed by atoms with Crippen LogP contribution in [0.2, 0.25) is 15.1 Å². The van der Waals surface area contributed by atoms with Crippen molar-refractivity contribution in [3.63, 3.8) is 0 Å². The fraction of sp³-hybridized carbons (Fsp3) is 0.174. The summed E-state index contributed by atoms with van der Waals surface area (Å²) in [6.07, 6.45) is -1.39. The van der Waals surface area contributed by atoms with Gasteiger partial charge in [0.15, 0.2) is 23.7 Å². The van der Waals surface area contributed by atoms with Gasteiger partial charge in [-0.05, 0) is 38.1 Å². The van der Waals surface area contributed by atoms with Gasteiger partial charge in [0.25, 0.3) is 0 Å². The van der Waals surface area contributed by atoms with Crippen molar-refractivity contribution >= 4 is 40.8 Å². The third-order valence-corrected chi connectivity index (χ3v) is 5.99. The average molecular weight is 500 g/mol. The molecular weight excluding hydrogens is 482 g/mol. The molecule has 2 N–H and O–H groups in total. The van der Waals surface area contributed by atoms with Crippen LogP contribution in [0.4, 0.5) is 4.39 Å². The lowest BCUT2D eigenvalue weighted by atomic mass is 10.0. The molecule has 2 aliphatic heterocycles. The largest absolute Gasteiger partial charge is 0.504 e. The molecule has 4 rings (SSSR count). The second-order valence-corrected chi connectivity index (χ2v) is 8.26. The monoisotopic (exact) mass is 498 g/mol. The van der Waals surface area contributed by atoms with Crippen molar-refractivity contribution in [3.8, 4) is 0 Å². The van der Waals surface area contributed by atoms with Gasteiger partial charge in [-0.2, -0.15) is 0 Å². The van der Waals surface area contributed by atoms with E-state index in [9.17, 15) is 19.4 Å². The standard InChI is InChI=1S/C12H10ClFO2.C11H8Cl2O3/c1-6-11(15)7(2)16-12(6)10-8(13)4-3-5-9(10)14;1-5-9(14)11(15)16-10(5)8-6(12)3-2-4-7(8)13/h3-5,12,15H,2H2,1H3;2-4,10,14H,1H3. The molecule has 2 heterocycles. The fourth-order valence-electron chi connectivity index (χ4n) is 3.24. The lowest BCUT2D eigenvalue weighted by molar-refractivity contribution is -0.142. The molecule has 0 radical (unpaired) electrons. The molecule has 9 heteroatoms. The Morgan fingerprint density at radius 1 is 0.844 bits per heavy atom. The first-order chi connectivity index (χ1) is 15.0. The topological polar surface area (TPSA) is 76.0 Å². The van der Waals surface area contributed by atoms with Crippen LogP contribution in [0.1, 0.15) is 37.2 Å². The molecule has 32 heavy (non-hydrogen) atoms. The van der Waals surface area contributed by atoms with Crippen LogP contribution in [-0.2, 0) is 14.3 Å². The van der Waals surface area contributed by atoms with E-state index in [1.54, 1.807) is 38.1 Å². The molecule has 0 spiro atoms. The van der Waals surface area contributed by atoms with Crippen LogP contribution in [-0.4, -0.2) is 16.2 Å². The number of hydrogen-bond acceptors (Lipinski definition) is 5. The first-order valence-electron chi connectivity index (χ1n) is 9.28. The number of rotatable bonds is 2. The summed E-state index contributed by atoms with van der Waals surface area (Å²) in [5, 5.41) is 20.0. The Hall–Kier alpha value is -2.67. The third kappa shape index (κ3) is 4.44. The van der Waals surface area contributed by atoms with Gasteiger partial charge in [0.2, 0.25) is 5.76 Å². The smallest absolute Gasteiger partial charge is 0.374 e. The molecule has 0 aromatic heterocycles. The van der Waals surface area contributed by atoms with Gasteiger partial charge in [-0.1, -0.05) is 53.5 Å². The van der Waals surface area contributed by atoms with E-state index in [4.69, 9.17) is 44.3 Å². The van der Waals surface area contributed by atoms with E-state index in [1.807, 2.05) is 0 Å². The maximum absolute atomic E-state index is 13.6. The number of aliphatic hydroxyl groups is 2. The Morgan fingerprint density at radius 2 is 1.31 bits per heavy atom. The van der Waals surface area contributed by atoms with Gasteiger partial charge in [0, 0.05) is 26.8 Å². The number of aliphatic hydroxyl groups excluding tert-OH is 2. The number of hydrogen-bond donors (Lipinski definition) is 2. The molecule has 2 atom stereocenters. The van der Waals surface area contributed by atoms with Crippen molar-refractivity contribution in [3.05, 3.63) is 103 Å². The minimum absolute atomic E-state index is 0.0377. The molecule has 0 aliphatic carbocycles. The first-order valence-corrected chi connectivity index (χ1v) is 10.4. The highest BCUT2D eigenvalue weighted by Gasteiger charge is 2.35. The first kappa shape index (κ1) is 24.0. The van der Waals surface area contributed by atoms with E-state index in [-0.39, 0.29) is 27.9 Å². The summed E-state index contributed by atoms with van der Waals surface area (Å²) >= 11 is 17.9. The van der Waals surface area contributed by atoms with Crippen molar-refractivity contribution in [2.45, 2.75) is 26.1 Å². The zero-order valence-corrected chi connectivity index (χ0v) is 19.2. The maximum Gasteiger partial charge on any atom is 0.374 e. The van der Waals surface area contributed by atoms with E-state index in [0.717, 1.165) is 0 Å². The van der Waals surface area contributed by atoms with Crippen LogP contribution in [0.5, 0.6) is 0 Å². The summed E-state index contributed by atoms with van der Waals surface area (Å²) in [5.41, 5.74) is 1.66. The Labute approximate surface area is 198 Å². The van der Waals surface area contributed by atoms with Crippen molar-refractivity contribution in [1.29, 1.82) is 0 Å². The predicted molar refractivity (Wildman–Crippen MR) is 120 cm³/mol. The lowest BCUT2D eigenvalue weighted by Gasteiger charge is -2.14. The molecule has 2 unspecified atom stereocenters. The van der Waals surface area contributed by atoms with E-state index >= 15 is 0 Å². The highest BCUT2D eigenvalue weighted by atomic mass is 35.5. The number of benzene rings is 2. The Morgan fingerprint density at radius 3 is 1.75 bits per heavy atom. The van der Waals surface area contributed by atoms with Crippen LogP contribution in [0.15, 0.2) is 71.4 Å². The van der Waals surface area contributed by atoms with Gasteiger partial charge in [-0.3, -0.25) is 0 Å². The van der Waals surface area contributed by atoms with E-state index in [0.29, 0.717) is 26.8 Å². The van der Waals surface area contributed by atoms with Gasteiger partial charge in [0.1, 0.15) is 5.82 Å². The van der Waals surface area contributed by atoms with Crippen LogP contribution in [0.3, 0.4) is 0 Å². The zero-order chi connectivity index (χ0) is 23.7. The number of carbonyl (C=O) groups excluding carboxylic acids is 1. The molecule has 2 aromatic rings. The van der Waals surface area contributed by atoms with Crippen LogP contribution < -0.4 is 0 Å². The molecule has 0 saturated carbocycles. The molecule has 0 saturated heterocycles. The van der Waals surface area contributed by atoms with Gasteiger partial charge >= 0.3 is 5.97 Å². The summed E-state index contributed by atoms with van der Waals surface area (Å²) in [7, 11) is 0. The van der Waals surface area contributed by atoms with Crippen LogP contribution in [0, 0.1) is 5.82 Å². The Balaban J connectivity index is 0.000000181. The molecule has 0 bridgehead atoms. The average Bonchev–Trinajstić information content (AvgIpc) is 3.13. The number of carbonyl (C=O) groups is 1. The van der Waals surface area contributed by atoms with E-state index in [1.165, 1.54) is 12.1 Å². The highest BCUT2D eigenvalue weighted by Crippen LogP contribution is 2.42. The van der Waals surface area contributed by atoms with Crippen LogP contribution >= 0.6 is 34.8 Å². The van der Waals surface area contributed by atoms with Crippen molar-refractivity contribution in [2.75, 3.05) is 0 Å². The second-order valence-electron chi connectivity index (χ2n) is 7.04.